The van der Waals surface area contributed by atoms with Gasteiger partial charge in [-0.15, -0.1) is 0 Å². The molecule has 1 N–H and O–H groups in total. The van der Waals surface area contributed by atoms with E-state index in [1.54, 1.807) is 0 Å². The lowest BCUT2D eigenvalue weighted by Crippen LogP contribution is -2.44. The SMILES string of the molecule is CN1CCCCC1CCN1CCC(CNC(C)(C)C)CC1. The Balaban J connectivity index is 1.60. The summed E-state index contributed by atoms with van der Waals surface area (Å²) in [6.07, 6.45) is 8.39. The van der Waals surface area contributed by atoms with Gasteiger partial charge in [0.2, 0.25) is 0 Å². The van der Waals surface area contributed by atoms with Crippen molar-refractivity contribution >= 4 is 0 Å². The van der Waals surface area contributed by atoms with Crippen LogP contribution in [0.1, 0.15) is 59.3 Å². The summed E-state index contributed by atoms with van der Waals surface area (Å²) in [5, 5.41) is 3.67. The molecule has 2 rings (SSSR count). The van der Waals surface area contributed by atoms with Crippen molar-refractivity contribution in [2.24, 2.45) is 5.92 Å². The number of piperidine rings is 2. The van der Waals surface area contributed by atoms with Crippen molar-refractivity contribution in [1.82, 2.24) is 15.1 Å². The summed E-state index contributed by atoms with van der Waals surface area (Å²) in [7, 11) is 2.31. The maximum Gasteiger partial charge on any atom is 0.0104 e. The van der Waals surface area contributed by atoms with E-state index in [1.807, 2.05) is 0 Å². The topological polar surface area (TPSA) is 18.5 Å². The molecule has 1 atom stereocenters. The van der Waals surface area contributed by atoms with E-state index in [1.165, 1.54) is 71.2 Å². The molecule has 2 aliphatic heterocycles. The van der Waals surface area contributed by atoms with Crippen LogP contribution in [0.25, 0.3) is 0 Å². The summed E-state index contributed by atoms with van der Waals surface area (Å²) >= 11 is 0. The largest absolute Gasteiger partial charge is 0.312 e. The molecular formula is C18H37N3. The smallest absolute Gasteiger partial charge is 0.0104 e. The monoisotopic (exact) mass is 295 g/mol. The molecule has 2 aliphatic rings. The minimum absolute atomic E-state index is 0.267. The van der Waals surface area contributed by atoms with Crippen molar-refractivity contribution in [3.8, 4) is 0 Å². The fourth-order valence-electron chi connectivity index (χ4n) is 3.71. The van der Waals surface area contributed by atoms with Gasteiger partial charge in [0, 0.05) is 11.6 Å². The van der Waals surface area contributed by atoms with E-state index < -0.39 is 0 Å². The summed E-state index contributed by atoms with van der Waals surface area (Å²) < 4.78 is 0. The summed E-state index contributed by atoms with van der Waals surface area (Å²) in [5.74, 6) is 0.887. The van der Waals surface area contributed by atoms with E-state index in [9.17, 15) is 0 Å². The van der Waals surface area contributed by atoms with E-state index in [0.717, 1.165) is 12.0 Å². The molecule has 0 aliphatic carbocycles. The Morgan fingerprint density at radius 2 is 1.71 bits per heavy atom. The highest BCUT2D eigenvalue weighted by molar-refractivity contribution is 4.80. The second-order valence-corrected chi connectivity index (χ2v) is 8.33. The standard InChI is InChI=1S/C18H37N3/c1-18(2,3)19-15-16-8-12-21(13-9-16)14-10-17-7-5-6-11-20(17)4/h16-17,19H,5-15H2,1-4H3. The van der Waals surface area contributed by atoms with Crippen molar-refractivity contribution in [2.45, 2.75) is 70.9 Å². The number of hydrogen-bond acceptors (Lipinski definition) is 3. The number of rotatable bonds is 5. The molecule has 1 unspecified atom stereocenters. The Bertz CT molecular complexity index is 289. The van der Waals surface area contributed by atoms with Crippen molar-refractivity contribution in [1.29, 1.82) is 0 Å². The molecule has 2 heterocycles. The lowest BCUT2D eigenvalue weighted by atomic mass is 9.94. The minimum atomic E-state index is 0.267. The summed E-state index contributed by atoms with van der Waals surface area (Å²) in [5.41, 5.74) is 0.267. The lowest BCUT2D eigenvalue weighted by Gasteiger charge is -2.37. The first kappa shape index (κ1) is 17.2. The van der Waals surface area contributed by atoms with Gasteiger partial charge in [-0.2, -0.15) is 0 Å². The van der Waals surface area contributed by atoms with Crippen LogP contribution in [0.4, 0.5) is 0 Å². The Morgan fingerprint density at radius 3 is 2.33 bits per heavy atom. The van der Waals surface area contributed by atoms with Gasteiger partial charge >= 0.3 is 0 Å². The molecule has 0 aromatic carbocycles. The molecule has 0 saturated carbocycles. The first-order valence-electron chi connectivity index (χ1n) is 9.12. The van der Waals surface area contributed by atoms with Gasteiger partial charge in [-0.3, -0.25) is 0 Å². The highest BCUT2D eigenvalue weighted by Gasteiger charge is 2.23. The molecule has 0 bridgehead atoms. The van der Waals surface area contributed by atoms with Crippen LogP contribution in [0.15, 0.2) is 0 Å². The molecule has 3 heteroatoms. The van der Waals surface area contributed by atoms with Crippen molar-refractivity contribution in [3.63, 3.8) is 0 Å². The van der Waals surface area contributed by atoms with Crippen molar-refractivity contribution < 1.29 is 0 Å². The highest BCUT2D eigenvalue weighted by atomic mass is 15.2. The summed E-state index contributed by atoms with van der Waals surface area (Å²) in [6.45, 7) is 13.2. The minimum Gasteiger partial charge on any atom is -0.312 e. The molecule has 3 nitrogen and oxygen atoms in total. The first-order chi connectivity index (χ1) is 9.94. The highest BCUT2D eigenvalue weighted by Crippen LogP contribution is 2.21. The Labute approximate surface area is 132 Å². The number of nitrogens with one attached hydrogen (secondary N) is 1. The Morgan fingerprint density at radius 1 is 1.00 bits per heavy atom. The van der Waals surface area contributed by atoms with Gasteiger partial charge in [0.25, 0.3) is 0 Å². The van der Waals surface area contributed by atoms with E-state index in [0.29, 0.717) is 0 Å². The Hall–Kier alpha value is -0.120. The van der Waals surface area contributed by atoms with Gasteiger partial charge in [-0.25, -0.2) is 0 Å². The molecule has 0 aromatic heterocycles. The zero-order valence-corrected chi connectivity index (χ0v) is 14.8. The molecule has 0 radical (unpaired) electrons. The maximum absolute atomic E-state index is 3.67. The second kappa shape index (κ2) is 7.94. The third-order valence-electron chi connectivity index (χ3n) is 5.33. The van der Waals surface area contributed by atoms with Crippen LogP contribution in [0.2, 0.25) is 0 Å². The predicted molar refractivity (Wildman–Crippen MR) is 91.8 cm³/mol. The van der Waals surface area contributed by atoms with Gasteiger partial charge < -0.3 is 15.1 Å². The quantitative estimate of drug-likeness (QED) is 0.841. The average molecular weight is 296 g/mol. The van der Waals surface area contributed by atoms with Crippen LogP contribution >= 0.6 is 0 Å². The normalized spacial score (nSPS) is 27.1. The van der Waals surface area contributed by atoms with E-state index in [2.05, 4.69) is 42.9 Å². The van der Waals surface area contributed by atoms with E-state index >= 15 is 0 Å². The zero-order valence-electron chi connectivity index (χ0n) is 14.8. The Kier molecular flexibility index (Phi) is 6.51. The molecule has 0 aromatic rings. The molecule has 0 amide bonds. The fourth-order valence-corrected chi connectivity index (χ4v) is 3.71. The molecule has 0 spiro atoms. The van der Waals surface area contributed by atoms with Gasteiger partial charge in [-0.1, -0.05) is 6.42 Å². The van der Waals surface area contributed by atoms with E-state index in [-0.39, 0.29) is 5.54 Å². The van der Waals surface area contributed by atoms with Gasteiger partial charge in [0.15, 0.2) is 0 Å². The van der Waals surface area contributed by atoms with Crippen molar-refractivity contribution in [2.75, 3.05) is 39.8 Å². The van der Waals surface area contributed by atoms with Gasteiger partial charge in [0.1, 0.15) is 0 Å². The summed E-state index contributed by atoms with van der Waals surface area (Å²) in [6, 6.07) is 0.846. The zero-order chi connectivity index (χ0) is 15.3. The fraction of sp³-hybridized carbons (Fsp3) is 1.00. The van der Waals surface area contributed by atoms with E-state index in [4.69, 9.17) is 0 Å². The van der Waals surface area contributed by atoms with Crippen LogP contribution in [0, 0.1) is 5.92 Å². The van der Waals surface area contributed by atoms with Crippen LogP contribution < -0.4 is 5.32 Å². The second-order valence-electron chi connectivity index (χ2n) is 8.33. The average Bonchev–Trinajstić information content (AvgIpc) is 2.45. The van der Waals surface area contributed by atoms with Gasteiger partial charge in [-0.05, 0) is 98.6 Å². The third kappa shape index (κ3) is 6.25. The maximum atomic E-state index is 3.67. The molecule has 2 fully saturated rings. The third-order valence-corrected chi connectivity index (χ3v) is 5.33. The summed E-state index contributed by atoms with van der Waals surface area (Å²) in [4.78, 5) is 5.29. The number of hydrogen-bond donors (Lipinski definition) is 1. The predicted octanol–water partition coefficient (Wildman–Crippen LogP) is 2.96. The van der Waals surface area contributed by atoms with Gasteiger partial charge in [0.05, 0.1) is 0 Å². The number of likely N-dealkylation sites (tertiary alicyclic amines) is 2. The van der Waals surface area contributed by atoms with Crippen LogP contribution in [0.5, 0.6) is 0 Å². The molecular weight excluding hydrogens is 258 g/mol. The lowest BCUT2D eigenvalue weighted by molar-refractivity contribution is 0.131. The van der Waals surface area contributed by atoms with Crippen LogP contribution in [0.3, 0.4) is 0 Å². The van der Waals surface area contributed by atoms with Crippen molar-refractivity contribution in [3.05, 3.63) is 0 Å². The molecule has 124 valence electrons. The first-order valence-corrected chi connectivity index (χ1v) is 9.12. The molecule has 21 heavy (non-hydrogen) atoms. The van der Waals surface area contributed by atoms with Crippen LogP contribution in [-0.4, -0.2) is 61.2 Å². The number of nitrogens with zero attached hydrogens (tertiary/aromatic N) is 2. The van der Waals surface area contributed by atoms with Crippen LogP contribution in [-0.2, 0) is 0 Å². The molecule has 2 saturated heterocycles.